The molecule has 0 radical (unpaired) electrons. The normalized spacial score (nSPS) is 23.9. The molecule has 4 unspecified atom stereocenters. The highest BCUT2D eigenvalue weighted by Gasteiger charge is 2.44. The molecule has 0 aliphatic carbocycles. The van der Waals surface area contributed by atoms with Crippen molar-refractivity contribution in [3.05, 3.63) is 0 Å². The number of nitrogens with one attached hydrogen (secondary N) is 8. The van der Waals surface area contributed by atoms with E-state index in [2.05, 4.69) is 160 Å². The Kier molecular flexibility index (Phi) is 22.6. The second kappa shape index (κ2) is 27.4. The summed E-state index contributed by atoms with van der Waals surface area (Å²) in [4.78, 5) is 32.2. The van der Waals surface area contributed by atoms with Crippen LogP contribution in [0.1, 0.15) is 233 Å². The molecule has 81 heavy (non-hydrogen) atoms. The number of hydrogen-bond acceptors (Lipinski definition) is 19. The number of anilines is 6. The van der Waals surface area contributed by atoms with Crippen LogP contribution in [0.2, 0.25) is 0 Å². The maximum absolute atomic E-state index is 11.9. The minimum Gasteiger partial charge on any atom is -0.391 e. The number of aromatic nitrogens is 6. The molecule has 2 aromatic rings. The smallest absolute Gasteiger partial charge is 0.238 e. The van der Waals surface area contributed by atoms with Gasteiger partial charge in [0.25, 0.3) is 0 Å². The van der Waals surface area contributed by atoms with Crippen molar-refractivity contribution in [2.45, 2.75) is 302 Å². The third kappa shape index (κ3) is 21.6. The first-order valence-corrected chi connectivity index (χ1v) is 31.7. The Bertz CT molecular complexity index is 1930. The van der Waals surface area contributed by atoms with Crippen molar-refractivity contribution < 1.29 is 20.4 Å². The molecule has 0 saturated carbocycles. The van der Waals surface area contributed by atoms with Gasteiger partial charge >= 0.3 is 0 Å². The Hall–Kier alpha value is -3.30. The summed E-state index contributed by atoms with van der Waals surface area (Å²) in [7, 11) is 0. The van der Waals surface area contributed by atoms with Gasteiger partial charge in [0.1, 0.15) is 0 Å². The summed E-state index contributed by atoms with van der Waals surface area (Å²) >= 11 is 0. The molecule has 19 heteroatoms. The SMILES string of the molecule is CCCCCCCCCCCCN(c1nc(NCC(O)C2CC(C)(C)NC(C)(C)C2)nc(NCC(O)C2CC(C)(C)NC(C)(C)C2)n1)c1nc(NCC(O)C2CC(C)(C)NC(C)(C)C2)nc(NCC(O)C2CC(C)(C)NC(C)(C)C2)n1. The maximum atomic E-state index is 11.9. The first-order chi connectivity index (χ1) is 37.5. The van der Waals surface area contributed by atoms with Crippen LogP contribution < -0.4 is 47.4 Å². The van der Waals surface area contributed by atoms with Gasteiger partial charge in [-0.3, -0.25) is 4.90 Å². The van der Waals surface area contributed by atoms with Crippen LogP contribution in [0.5, 0.6) is 0 Å². The molecule has 4 atom stereocenters. The van der Waals surface area contributed by atoms with Crippen molar-refractivity contribution in [3.63, 3.8) is 0 Å². The van der Waals surface area contributed by atoms with Crippen molar-refractivity contribution in [3.8, 4) is 0 Å². The van der Waals surface area contributed by atoms with E-state index in [-0.39, 0.29) is 118 Å². The van der Waals surface area contributed by atoms with Crippen LogP contribution in [-0.2, 0) is 0 Å². The quantitative estimate of drug-likeness (QED) is 0.0339. The lowest BCUT2D eigenvalue weighted by Gasteiger charge is -2.47. The number of nitrogens with zero attached hydrogens (tertiary/aromatic N) is 7. The largest absolute Gasteiger partial charge is 0.391 e. The van der Waals surface area contributed by atoms with E-state index in [9.17, 15) is 20.4 Å². The van der Waals surface area contributed by atoms with E-state index in [1.807, 2.05) is 4.90 Å². The van der Waals surface area contributed by atoms with E-state index >= 15 is 0 Å². The fourth-order valence-corrected chi connectivity index (χ4v) is 15.5. The summed E-state index contributed by atoms with van der Waals surface area (Å²) < 4.78 is 0. The molecule has 2 aromatic heterocycles. The van der Waals surface area contributed by atoms with Gasteiger partial charge in [-0.05, 0) is 192 Å². The van der Waals surface area contributed by atoms with Crippen molar-refractivity contribution in [1.82, 2.24) is 51.2 Å². The summed E-state index contributed by atoms with van der Waals surface area (Å²) in [6.45, 7) is 38.7. The minimum atomic E-state index is -0.681. The Balaban J connectivity index is 1.37. The number of aliphatic hydroxyl groups excluding tert-OH is 4. The molecule has 0 aromatic carbocycles. The molecule has 0 bridgehead atoms. The maximum Gasteiger partial charge on any atom is 0.238 e. The number of unbranched alkanes of at least 4 members (excludes halogenated alkanes) is 9. The molecular formula is C62H117N15O4. The Morgan fingerprint density at radius 2 is 0.568 bits per heavy atom. The van der Waals surface area contributed by atoms with Crippen molar-refractivity contribution >= 4 is 35.7 Å². The van der Waals surface area contributed by atoms with Gasteiger partial charge in [-0.2, -0.15) is 29.9 Å². The zero-order valence-electron chi connectivity index (χ0n) is 53.8. The highest BCUT2D eigenvalue weighted by atomic mass is 16.3. The van der Waals surface area contributed by atoms with Crippen LogP contribution in [0.3, 0.4) is 0 Å². The molecule has 6 rings (SSSR count). The second-order valence-corrected chi connectivity index (χ2v) is 30.9. The van der Waals surface area contributed by atoms with Gasteiger partial charge in [0.2, 0.25) is 35.7 Å². The van der Waals surface area contributed by atoms with Gasteiger partial charge in [-0.1, -0.05) is 64.7 Å². The average molecular weight is 1140 g/mol. The lowest BCUT2D eigenvalue weighted by Crippen LogP contribution is -2.59. The summed E-state index contributed by atoms with van der Waals surface area (Å²) in [6, 6.07) is 0. The van der Waals surface area contributed by atoms with E-state index in [1.165, 1.54) is 38.5 Å². The van der Waals surface area contributed by atoms with Crippen LogP contribution in [-0.4, -0.2) is 152 Å². The molecule has 19 nitrogen and oxygen atoms in total. The zero-order valence-corrected chi connectivity index (χ0v) is 53.8. The molecule has 0 amide bonds. The summed E-state index contributed by atoms with van der Waals surface area (Å²) in [5.74, 6) is 1.82. The van der Waals surface area contributed by atoms with E-state index in [1.54, 1.807) is 0 Å². The zero-order chi connectivity index (χ0) is 59.8. The predicted molar refractivity (Wildman–Crippen MR) is 333 cm³/mol. The number of rotatable bonds is 29. The van der Waals surface area contributed by atoms with Gasteiger partial charge in [0, 0.05) is 77.0 Å². The molecule has 4 aliphatic heterocycles. The fourth-order valence-electron chi connectivity index (χ4n) is 15.5. The van der Waals surface area contributed by atoms with Gasteiger partial charge < -0.3 is 63.0 Å². The van der Waals surface area contributed by atoms with Gasteiger partial charge in [-0.25, -0.2) is 0 Å². The van der Waals surface area contributed by atoms with Gasteiger partial charge in [0.05, 0.1) is 24.4 Å². The van der Waals surface area contributed by atoms with Crippen LogP contribution in [0.15, 0.2) is 0 Å². The predicted octanol–water partition coefficient (Wildman–Crippen LogP) is 9.43. The number of piperidine rings is 4. The van der Waals surface area contributed by atoms with Crippen LogP contribution in [0.25, 0.3) is 0 Å². The molecule has 4 aliphatic rings. The second-order valence-electron chi connectivity index (χ2n) is 30.9. The van der Waals surface area contributed by atoms with Crippen molar-refractivity contribution in [2.75, 3.05) is 58.9 Å². The van der Waals surface area contributed by atoms with E-state index in [4.69, 9.17) is 29.9 Å². The monoisotopic (exact) mass is 1140 g/mol. The lowest BCUT2D eigenvalue weighted by atomic mass is 9.73. The summed E-state index contributed by atoms with van der Waals surface area (Å²) in [5.41, 5.74) is -1.19. The Morgan fingerprint density at radius 1 is 0.358 bits per heavy atom. The fraction of sp³-hybridized carbons (Fsp3) is 0.903. The highest BCUT2D eigenvalue weighted by Crippen LogP contribution is 2.39. The topological polar surface area (TPSA) is 258 Å². The van der Waals surface area contributed by atoms with E-state index in [0.717, 1.165) is 77.0 Å². The van der Waals surface area contributed by atoms with Crippen molar-refractivity contribution in [1.29, 1.82) is 0 Å². The molecule has 464 valence electrons. The Labute approximate surface area is 490 Å². The first-order valence-electron chi connectivity index (χ1n) is 31.7. The molecule has 0 spiro atoms. The first kappa shape index (κ1) is 66.8. The third-order valence-electron chi connectivity index (χ3n) is 17.4. The molecule has 12 N–H and O–H groups in total. The summed E-state index contributed by atoms with van der Waals surface area (Å²) in [5, 5.41) is 76.3. The molecular weight excluding hydrogens is 1020 g/mol. The standard InChI is InChI=1S/C62H117N15O4/c1-18-19-20-21-22-23-24-25-26-27-28-77(53-69-49(63-37-45(78)41-29-55(2,3)73-56(4,5)30-41)67-50(70-53)64-38-46(79)42-31-57(6,7)74-58(8,9)32-42)54-71-51(65-39-47(80)43-33-59(10,11)75-60(12,13)34-43)68-52(72-54)66-40-48(81)44-35-61(14,15)76-62(16,17)36-44/h41-48,73-76,78-81H,18-40H2,1-17H3,(H2,63,64,67,69,70)(H2,65,66,68,71,72). The van der Waals surface area contributed by atoms with Gasteiger partial charge in [0.15, 0.2) is 0 Å². The highest BCUT2D eigenvalue weighted by molar-refractivity contribution is 5.55. The molecule has 4 saturated heterocycles. The average Bonchev–Trinajstić information content (AvgIpc) is 3.44. The minimum absolute atomic E-state index is 0.0312. The molecule has 4 fully saturated rings. The van der Waals surface area contributed by atoms with E-state index in [0.29, 0.717) is 18.4 Å². The lowest BCUT2D eigenvalue weighted by molar-refractivity contribution is 0.0340. The van der Waals surface area contributed by atoms with E-state index < -0.39 is 24.4 Å². The summed E-state index contributed by atoms with van der Waals surface area (Å²) in [6.07, 6.45) is 15.4. The van der Waals surface area contributed by atoms with Crippen molar-refractivity contribution in [2.24, 2.45) is 23.7 Å². The van der Waals surface area contributed by atoms with Crippen LogP contribution >= 0.6 is 0 Å². The van der Waals surface area contributed by atoms with Crippen LogP contribution in [0.4, 0.5) is 35.7 Å². The number of hydrogen-bond donors (Lipinski definition) is 12. The Morgan fingerprint density at radius 3 is 0.790 bits per heavy atom. The van der Waals surface area contributed by atoms with Gasteiger partial charge in [-0.15, -0.1) is 0 Å². The van der Waals surface area contributed by atoms with Crippen LogP contribution in [0, 0.1) is 23.7 Å². The molecule has 6 heterocycles. The number of aliphatic hydroxyl groups is 4. The third-order valence-corrected chi connectivity index (χ3v) is 17.4.